The van der Waals surface area contributed by atoms with Crippen LogP contribution in [0.3, 0.4) is 0 Å². The molecule has 0 atom stereocenters. The van der Waals surface area contributed by atoms with Crippen LogP contribution in [0.4, 0.5) is 5.69 Å². The number of benzene rings is 3. The fraction of sp³-hybridized carbons (Fsp3) is 0.194. The number of nitrogens with zero attached hydrogens (tertiary/aromatic N) is 1. The second kappa shape index (κ2) is 10.3. The van der Waals surface area contributed by atoms with E-state index in [1.165, 1.54) is 11.3 Å². The van der Waals surface area contributed by atoms with E-state index in [4.69, 9.17) is 0 Å². The number of hydrogen-bond donors (Lipinski definition) is 1. The van der Waals surface area contributed by atoms with Crippen molar-refractivity contribution < 1.29 is 14.4 Å². The summed E-state index contributed by atoms with van der Waals surface area (Å²) in [7, 11) is 0. The smallest absolute Gasteiger partial charge is 0.261 e. The van der Waals surface area contributed by atoms with Crippen LogP contribution in [-0.2, 0) is 12.8 Å². The summed E-state index contributed by atoms with van der Waals surface area (Å²) in [6.07, 6.45) is 3.04. The molecule has 2 heterocycles. The summed E-state index contributed by atoms with van der Waals surface area (Å²) in [6.45, 7) is 0.509. The van der Waals surface area contributed by atoms with E-state index in [0.29, 0.717) is 35.0 Å². The molecule has 5 nitrogen and oxygen atoms in total. The van der Waals surface area contributed by atoms with Gasteiger partial charge in [0.05, 0.1) is 10.6 Å². The third-order valence-corrected chi connectivity index (χ3v) is 8.65. The highest BCUT2D eigenvalue weighted by atomic mass is 79.9. The van der Waals surface area contributed by atoms with Gasteiger partial charge < -0.3 is 10.2 Å². The van der Waals surface area contributed by atoms with Crippen molar-refractivity contribution in [2.45, 2.75) is 31.7 Å². The molecule has 1 saturated carbocycles. The molecule has 4 aromatic rings. The van der Waals surface area contributed by atoms with Crippen LogP contribution in [0, 0.1) is 0 Å². The molecule has 1 aromatic heterocycles. The third-order valence-electron chi connectivity index (χ3n) is 6.95. The van der Waals surface area contributed by atoms with Gasteiger partial charge in [0.15, 0.2) is 5.78 Å². The minimum atomic E-state index is -0.0867. The monoisotopic (exact) mass is 584 g/mol. The van der Waals surface area contributed by atoms with Gasteiger partial charge in [-0.1, -0.05) is 58.4 Å². The van der Waals surface area contributed by atoms with Crippen LogP contribution in [-0.4, -0.2) is 30.2 Å². The second-order valence-electron chi connectivity index (χ2n) is 9.74. The lowest BCUT2D eigenvalue weighted by Gasteiger charge is -2.23. The van der Waals surface area contributed by atoms with Gasteiger partial charge in [-0.05, 0) is 66.8 Å². The predicted octanol–water partition coefficient (Wildman–Crippen LogP) is 6.70. The van der Waals surface area contributed by atoms with Crippen LogP contribution < -0.4 is 10.2 Å². The molecule has 7 heteroatoms. The first-order chi connectivity index (χ1) is 18.5. The number of thiophene rings is 1. The minimum absolute atomic E-state index is 0.0131. The normalized spacial score (nSPS) is 14.3. The number of fused-ring (bicyclic) bond motifs is 3. The Morgan fingerprint density at radius 2 is 1.68 bits per heavy atom. The zero-order chi connectivity index (χ0) is 26.2. The molecule has 1 aliphatic carbocycles. The van der Waals surface area contributed by atoms with Crippen molar-refractivity contribution in [3.05, 3.63) is 110 Å². The van der Waals surface area contributed by atoms with Gasteiger partial charge in [-0.15, -0.1) is 11.3 Å². The molecule has 2 aliphatic rings. The van der Waals surface area contributed by atoms with Crippen LogP contribution >= 0.6 is 27.3 Å². The van der Waals surface area contributed by atoms with Crippen LogP contribution in [0.2, 0.25) is 0 Å². The van der Waals surface area contributed by atoms with E-state index in [9.17, 15) is 14.4 Å². The van der Waals surface area contributed by atoms with E-state index in [1.807, 2.05) is 71.6 Å². The summed E-state index contributed by atoms with van der Waals surface area (Å²) in [5.74, 6) is -0.0507. The average Bonchev–Trinajstić information content (AvgIpc) is 3.67. The predicted molar refractivity (Wildman–Crippen MR) is 154 cm³/mol. The van der Waals surface area contributed by atoms with Crippen LogP contribution in [0.5, 0.6) is 0 Å². The molecule has 0 radical (unpaired) electrons. The molecular weight excluding hydrogens is 560 g/mol. The summed E-state index contributed by atoms with van der Waals surface area (Å²) in [6, 6.07) is 24.8. The molecule has 190 valence electrons. The standard InChI is InChI=1S/C31H25BrN2O3S/c32-23-10-13-26-25(18-23)29-22(17-28(38-29)30(36)33-24-11-12-24)14-15-34(26)31(37)21-8-6-19(7-9-21)16-27(35)20-4-2-1-3-5-20/h1-10,13,17-18,24H,11-12,14-16H2,(H,33,36). The van der Waals surface area contributed by atoms with Gasteiger partial charge >= 0.3 is 0 Å². The third kappa shape index (κ3) is 5.08. The largest absolute Gasteiger partial charge is 0.349 e. The summed E-state index contributed by atoms with van der Waals surface area (Å²) < 4.78 is 0.918. The van der Waals surface area contributed by atoms with Gasteiger partial charge in [-0.2, -0.15) is 0 Å². The molecule has 1 aliphatic heterocycles. The summed E-state index contributed by atoms with van der Waals surface area (Å²) >= 11 is 5.08. The SMILES string of the molecule is O=C(Cc1ccc(C(=O)N2CCc3cc(C(=O)NC4CC4)sc3-c3cc(Br)ccc32)cc1)c1ccccc1. The van der Waals surface area contributed by atoms with Crippen LogP contribution in [0.1, 0.15) is 54.4 Å². The molecular formula is C31H25BrN2O3S. The molecule has 2 amide bonds. The lowest BCUT2D eigenvalue weighted by Crippen LogP contribution is -2.32. The zero-order valence-electron chi connectivity index (χ0n) is 20.6. The Balaban J connectivity index is 1.25. The number of halogens is 1. The first-order valence-electron chi connectivity index (χ1n) is 12.7. The number of amides is 2. The highest BCUT2D eigenvalue weighted by Crippen LogP contribution is 2.43. The number of carbonyl (C=O) groups is 3. The van der Waals surface area contributed by atoms with E-state index in [-0.39, 0.29) is 24.0 Å². The number of ketones is 1. The Kier molecular flexibility index (Phi) is 6.72. The van der Waals surface area contributed by atoms with Crippen molar-refractivity contribution in [3.8, 4) is 10.4 Å². The number of anilines is 1. The number of hydrogen-bond acceptors (Lipinski definition) is 4. The molecule has 3 aromatic carbocycles. The van der Waals surface area contributed by atoms with Crippen LogP contribution in [0.25, 0.3) is 10.4 Å². The minimum Gasteiger partial charge on any atom is -0.349 e. The van der Waals surface area contributed by atoms with Gasteiger partial charge in [0.25, 0.3) is 11.8 Å². The van der Waals surface area contributed by atoms with Crippen molar-refractivity contribution in [1.29, 1.82) is 0 Å². The molecule has 38 heavy (non-hydrogen) atoms. The molecule has 0 saturated heterocycles. The first kappa shape index (κ1) is 24.8. The molecule has 0 bridgehead atoms. The average molecular weight is 586 g/mol. The van der Waals surface area contributed by atoms with Crippen LogP contribution in [0.15, 0.2) is 83.3 Å². The highest BCUT2D eigenvalue weighted by Gasteiger charge is 2.29. The maximum Gasteiger partial charge on any atom is 0.261 e. The van der Waals surface area contributed by atoms with E-state index in [0.717, 1.165) is 44.6 Å². The Morgan fingerprint density at radius 3 is 2.42 bits per heavy atom. The van der Waals surface area contributed by atoms with Crippen molar-refractivity contribution in [2.24, 2.45) is 0 Å². The Hall–Kier alpha value is -3.55. The lowest BCUT2D eigenvalue weighted by atomic mass is 10.0. The molecule has 1 N–H and O–H groups in total. The van der Waals surface area contributed by atoms with Gasteiger partial charge in [0.2, 0.25) is 0 Å². The maximum atomic E-state index is 13.7. The fourth-order valence-electron chi connectivity index (χ4n) is 4.76. The van der Waals surface area contributed by atoms with Gasteiger partial charge in [-0.25, -0.2) is 0 Å². The van der Waals surface area contributed by atoms with E-state index in [2.05, 4.69) is 21.2 Å². The first-order valence-corrected chi connectivity index (χ1v) is 14.3. The number of rotatable bonds is 6. The fourth-order valence-corrected chi connectivity index (χ4v) is 6.26. The number of Topliss-reactive ketones (excluding diaryl/α,β-unsaturated/α-hetero) is 1. The molecule has 0 spiro atoms. The Morgan fingerprint density at radius 1 is 0.921 bits per heavy atom. The van der Waals surface area contributed by atoms with Crippen molar-refractivity contribution >= 4 is 50.6 Å². The highest BCUT2D eigenvalue weighted by molar-refractivity contribution is 9.10. The lowest BCUT2D eigenvalue weighted by molar-refractivity contribution is 0.0951. The summed E-state index contributed by atoms with van der Waals surface area (Å²) in [4.78, 5) is 42.6. The number of nitrogens with one attached hydrogen (secondary N) is 1. The summed E-state index contributed by atoms with van der Waals surface area (Å²) in [5.41, 5.74) is 4.98. The molecule has 1 fully saturated rings. The number of carbonyl (C=O) groups excluding carboxylic acids is 3. The van der Waals surface area contributed by atoms with Crippen molar-refractivity contribution in [3.63, 3.8) is 0 Å². The van der Waals surface area contributed by atoms with Gasteiger partial charge in [0.1, 0.15) is 0 Å². The Bertz CT molecular complexity index is 1540. The van der Waals surface area contributed by atoms with Crippen molar-refractivity contribution in [1.82, 2.24) is 5.32 Å². The van der Waals surface area contributed by atoms with E-state index >= 15 is 0 Å². The van der Waals surface area contributed by atoms with E-state index < -0.39 is 0 Å². The van der Waals surface area contributed by atoms with E-state index in [1.54, 1.807) is 12.1 Å². The zero-order valence-corrected chi connectivity index (χ0v) is 23.0. The quantitative estimate of drug-likeness (QED) is 0.256. The molecule has 6 rings (SSSR count). The topological polar surface area (TPSA) is 66.5 Å². The molecule has 0 unspecified atom stereocenters. The maximum absolute atomic E-state index is 13.7. The van der Waals surface area contributed by atoms with Gasteiger partial charge in [-0.3, -0.25) is 14.4 Å². The second-order valence-corrected chi connectivity index (χ2v) is 11.7. The van der Waals surface area contributed by atoms with Crippen molar-refractivity contribution in [2.75, 3.05) is 11.4 Å². The summed E-state index contributed by atoms with van der Waals surface area (Å²) in [5, 5.41) is 3.08. The van der Waals surface area contributed by atoms with Gasteiger partial charge in [0, 0.05) is 45.0 Å². The Labute approximate surface area is 233 Å².